The van der Waals surface area contributed by atoms with Gasteiger partial charge in [-0.3, -0.25) is 0 Å². The van der Waals surface area contributed by atoms with Gasteiger partial charge in [0.05, 0.1) is 6.10 Å². The lowest BCUT2D eigenvalue weighted by Gasteiger charge is -2.28. The zero-order chi connectivity index (χ0) is 11.5. The van der Waals surface area contributed by atoms with Gasteiger partial charge in [-0.2, -0.15) is 0 Å². The van der Waals surface area contributed by atoms with Crippen LogP contribution in [0.25, 0.3) is 0 Å². The fourth-order valence-corrected chi connectivity index (χ4v) is 2.33. The summed E-state index contributed by atoms with van der Waals surface area (Å²) in [5.74, 6) is 0. The maximum Gasteiger partial charge on any atom is 0.0943 e. The van der Waals surface area contributed by atoms with Crippen molar-refractivity contribution in [2.45, 2.75) is 45.3 Å². The average Bonchev–Trinajstić information content (AvgIpc) is 2.33. The maximum atomic E-state index is 10.3. The number of benzene rings is 1. The van der Waals surface area contributed by atoms with Crippen molar-refractivity contribution in [3.8, 4) is 0 Å². The number of hydrogen-bond acceptors (Lipinski definition) is 2. The van der Waals surface area contributed by atoms with E-state index < -0.39 is 0 Å². The lowest BCUT2D eigenvalue weighted by molar-refractivity contribution is 0.114. The summed E-state index contributed by atoms with van der Waals surface area (Å²) in [4.78, 5) is 0. The van der Waals surface area contributed by atoms with E-state index in [1.165, 1.54) is 24.0 Å². The minimum atomic E-state index is -0.361. The van der Waals surface area contributed by atoms with Crippen molar-refractivity contribution in [1.29, 1.82) is 0 Å². The monoisotopic (exact) mass is 219 g/mol. The first-order valence-corrected chi connectivity index (χ1v) is 6.17. The van der Waals surface area contributed by atoms with Crippen LogP contribution in [0.1, 0.15) is 42.1 Å². The van der Waals surface area contributed by atoms with Crippen LogP contribution in [0.3, 0.4) is 0 Å². The number of aliphatic hydroxyl groups is 1. The van der Waals surface area contributed by atoms with Crippen LogP contribution in [0.15, 0.2) is 18.2 Å². The van der Waals surface area contributed by atoms with Gasteiger partial charge in [0.1, 0.15) is 0 Å². The summed E-state index contributed by atoms with van der Waals surface area (Å²) in [5.41, 5.74) is 3.59. The van der Waals surface area contributed by atoms with Crippen LogP contribution < -0.4 is 5.32 Å². The molecule has 2 nitrogen and oxygen atoms in total. The molecule has 1 aromatic rings. The van der Waals surface area contributed by atoms with Crippen LogP contribution in [-0.2, 0) is 0 Å². The SMILES string of the molecule is Cc1ccc(C(O)C2CCCCN2)cc1C. The molecule has 1 aliphatic heterocycles. The molecule has 2 unspecified atom stereocenters. The van der Waals surface area contributed by atoms with Crippen LogP contribution >= 0.6 is 0 Å². The average molecular weight is 219 g/mol. The third-order valence-electron chi connectivity index (χ3n) is 3.60. The van der Waals surface area contributed by atoms with Crippen LogP contribution in [-0.4, -0.2) is 17.7 Å². The largest absolute Gasteiger partial charge is 0.387 e. The molecule has 1 saturated heterocycles. The molecule has 2 rings (SSSR count). The second kappa shape index (κ2) is 4.98. The molecule has 1 fully saturated rings. The van der Waals surface area contributed by atoms with Gasteiger partial charge in [0.2, 0.25) is 0 Å². The van der Waals surface area contributed by atoms with Crippen LogP contribution in [0.4, 0.5) is 0 Å². The van der Waals surface area contributed by atoms with Crippen molar-refractivity contribution < 1.29 is 5.11 Å². The smallest absolute Gasteiger partial charge is 0.0943 e. The molecule has 1 aliphatic rings. The highest BCUT2D eigenvalue weighted by Gasteiger charge is 2.22. The Morgan fingerprint density at radius 2 is 2.06 bits per heavy atom. The van der Waals surface area contributed by atoms with E-state index in [-0.39, 0.29) is 12.1 Å². The molecule has 0 saturated carbocycles. The number of nitrogens with one attached hydrogen (secondary N) is 1. The Bertz CT molecular complexity index is 356. The third-order valence-corrected chi connectivity index (χ3v) is 3.60. The first-order valence-electron chi connectivity index (χ1n) is 6.17. The number of rotatable bonds is 2. The molecular formula is C14H21NO. The molecule has 2 atom stereocenters. The Hall–Kier alpha value is -0.860. The van der Waals surface area contributed by atoms with Crippen molar-refractivity contribution >= 4 is 0 Å². The Balaban J connectivity index is 2.12. The molecule has 0 aromatic heterocycles. The van der Waals surface area contributed by atoms with Crippen molar-refractivity contribution in [3.63, 3.8) is 0 Å². The van der Waals surface area contributed by atoms with E-state index in [1.807, 2.05) is 6.07 Å². The van der Waals surface area contributed by atoms with Gasteiger partial charge in [0.15, 0.2) is 0 Å². The van der Waals surface area contributed by atoms with Gasteiger partial charge in [-0.05, 0) is 49.9 Å². The highest BCUT2D eigenvalue weighted by atomic mass is 16.3. The normalized spacial score (nSPS) is 23.1. The Morgan fingerprint density at radius 1 is 1.25 bits per heavy atom. The molecule has 16 heavy (non-hydrogen) atoms. The lowest BCUT2D eigenvalue weighted by atomic mass is 9.93. The fourth-order valence-electron chi connectivity index (χ4n) is 2.33. The van der Waals surface area contributed by atoms with Gasteiger partial charge in [-0.1, -0.05) is 24.6 Å². The Morgan fingerprint density at radius 3 is 2.69 bits per heavy atom. The predicted octanol–water partition coefficient (Wildman–Crippen LogP) is 2.48. The van der Waals surface area contributed by atoms with Crippen LogP contribution in [0, 0.1) is 13.8 Å². The highest BCUT2D eigenvalue weighted by molar-refractivity contribution is 5.31. The molecule has 0 aliphatic carbocycles. The van der Waals surface area contributed by atoms with Crippen molar-refractivity contribution in [1.82, 2.24) is 5.32 Å². The van der Waals surface area contributed by atoms with E-state index in [2.05, 4.69) is 31.3 Å². The summed E-state index contributed by atoms with van der Waals surface area (Å²) < 4.78 is 0. The standard InChI is InChI=1S/C14H21NO/c1-10-6-7-12(9-11(10)2)14(16)13-5-3-4-8-15-13/h6-7,9,13-16H,3-5,8H2,1-2H3. The van der Waals surface area contributed by atoms with Crippen molar-refractivity contribution in [2.24, 2.45) is 0 Å². The second-order valence-electron chi connectivity index (χ2n) is 4.84. The topological polar surface area (TPSA) is 32.3 Å². The summed E-state index contributed by atoms with van der Waals surface area (Å²) in [6.07, 6.45) is 3.17. The third kappa shape index (κ3) is 2.45. The molecular weight excluding hydrogens is 198 g/mol. The fraction of sp³-hybridized carbons (Fsp3) is 0.571. The molecule has 0 radical (unpaired) electrons. The summed E-state index contributed by atoms with van der Waals surface area (Å²) >= 11 is 0. The molecule has 0 amide bonds. The lowest BCUT2D eigenvalue weighted by Crippen LogP contribution is -2.38. The minimum Gasteiger partial charge on any atom is -0.387 e. The number of piperidine rings is 1. The van der Waals surface area contributed by atoms with Gasteiger partial charge in [-0.15, -0.1) is 0 Å². The molecule has 1 aromatic carbocycles. The molecule has 1 heterocycles. The van der Waals surface area contributed by atoms with E-state index in [4.69, 9.17) is 0 Å². The summed E-state index contributed by atoms with van der Waals surface area (Å²) in [6, 6.07) is 6.48. The van der Waals surface area contributed by atoms with E-state index in [1.54, 1.807) is 0 Å². The highest BCUT2D eigenvalue weighted by Crippen LogP contribution is 2.24. The molecule has 2 heteroatoms. The number of aliphatic hydroxyl groups excluding tert-OH is 1. The first kappa shape index (κ1) is 11.6. The minimum absolute atomic E-state index is 0.232. The molecule has 0 bridgehead atoms. The first-order chi connectivity index (χ1) is 7.68. The second-order valence-corrected chi connectivity index (χ2v) is 4.84. The summed E-state index contributed by atoms with van der Waals surface area (Å²) in [5, 5.41) is 13.7. The zero-order valence-corrected chi connectivity index (χ0v) is 10.2. The van der Waals surface area contributed by atoms with Gasteiger partial charge in [0.25, 0.3) is 0 Å². The zero-order valence-electron chi connectivity index (χ0n) is 10.2. The van der Waals surface area contributed by atoms with Crippen LogP contribution in [0.2, 0.25) is 0 Å². The maximum absolute atomic E-state index is 10.3. The Labute approximate surface area is 97.7 Å². The van der Waals surface area contributed by atoms with Crippen molar-refractivity contribution in [2.75, 3.05) is 6.54 Å². The number of aryl methyl sites for hydroxylation is 2. The summed E-state index contributed by atoms with van der Waals surface area (Å²) in [7, 11) is 0. The quantitative estimate of drug-likeness (QED) is 0.801. The van der Waals surface area contributed by atoms with Gasteiger partial charge in [-0.25, -0.2) is 0 Å². The molecule has 88 valence electrons. The van der Waals surface area contributed by atoms with Gasteiger partial charge >= 0.3 is 0 Å². The van der Waals surface area contributed by atoms with E-state index in [9.17, 15) is 5.11 Å². The van der Waals surface area contributed by atoms with E-state index in [0.717, 1.165) is 18.5 Å². The van der Waals surface area contributed by atoms with Crippen LogP contribution in [0.5, 0.6) is 0 Å². The van der Waals surface area contributed by atoms with E-state index in [0.29, 0.717) is 0 Å². The van der Waals surface area contributed by atoms with E-state index >= 15 is 0 Å². The van der Waals surface area contributed by atoms with Gasteiger partial charge in [0, 0.05) is 6.04 Å². The van der Waals surface area contributed by atoms with Crippen molar-refractivity contribution in [3.05, 3.63) is 34.9 Å². The van der Waals surface area contributed by atoms with Gasteiger partial charge < -0.3 is 10.4 Å². The predicted molar refractivity (Wildman–Crippen MR) is 66.5 cm³/mol. The molecule has 2 N–H and O–H groups in total. The molecule has 0 spiro atoms. The number of hydrogen-bond donors (Lipinski definition) is 2. The Kier molecular flexibility index (Phi) is 3.62. The summed E-state index contributed by atoms with van der Waals surface area (Å²) in [6.45, 7) is 5.23.